The molecule has 0 saturated heterocycles. The summed E-state index contributed by atoms with van der Waals surface area (Å²) in [6.07, 6.45) is 1.25. The zero-order valence-electron chi connectivity index (χ0n) is 13.5. The zero-order valence-corrected chi connectivity index (χ0v) is 14.2. The molecule has 2 rings (SSSR count). The molecular formula is C16H18ClN5O2. The van der Waals surface area contributed by atoms with Gasteiger partial charge in [-0.3, -0.25) is 9.89 Å². The van der Waals surface area contributed by atoms with Gasteiger partial charge < -0.3 is 15.4 Å². The molecule has 1 aromatic carbocycles. The number of aromatic nitrogens is 2. The standard InChI is InChI=1S/C16H18ClN5O2/c1-22(7-3-4-13-11(9-18)15(19)21-20-13)16(23)10-5-6-12(17)14(8-10)24-2/h5-6,8H,3-4,7H2,1-2H3,(H3,19,20,21). The Morgan fingerprint density at radius 1 is 1.54 bits per heavy atom. The molecule has 0 bridgehead atoms. The van der Waals surface area contributed by atoms with Crippen LogP contribution in [0.2, 0.25) is 5.02 Å². The Kier molecular flexibility index (Phi) is 5.66. The second kappa shape index (κ2) is 7.70. The Bertz CT molecular complexity index is 781. The van der Waals surface area contributed by atoms with Crippen molar-refractivity contribution in [2.75, 3.05) is 26.4 Å². The lowest BCUT2D eigenvalue weighted by molar-refractivity contribution is 0.0793. The number of nitrogens with zero attached hydrogens (tertiary/aromatic N) is 3. The maximum absolute atomic E-state index is 12.4. The number of H-pyrrole nitrogens is 1. The van der Waals surface area contributed by atoms with Gasteiger partial charge in [-0.1, -0.05) is 11.6 Å². The van der Waals surface area contributed by atoms with Crippen molar-refractivity contribution in [3.8, 4) is 11.8 Å². The number of nitrogens with two attached hydrogens (primary N) is 1. The fourth-order valence-electron chi connectivity index (χ4n) is 2.31. The van der Waals surface area contributed by atoms with Gasteiger partial charge in [0.1, 0.15) is 17.4 Å². The van der Waals surface area contributed by atoms with Crippen LogP contribution in [-0.4, -0.2) is 41.7 Å². The Hall–Kier alpha value is -2.72. The SMILES string of the molecule is COc1cc(C(=O)N(C)CCCc2[nH]nc(N)c2C#N)ccc1Cl. The van der Waals surface area contributed by atoms with Gasteiger partial charge in [-0.05, 0) is 31.0 Å². The monoisotopic (exact) mass is 347 g/mol. The van der Waals surface area contributed by atoms with Crippen molar-refractivity contribution in [2.24, 2.45) is 0 Å². The molecule has 7 nitrogen and oxygen atoms in total. The second-order valence-electron chi connectivity index (χ2n) is 5.25. The summed E-state index contributed by atoms with van der Waals surface area (Å²) in [5.74, 6) is 0.530. The molecule has 0 aliphatic heterocycles. The zero-order chi connectivity index (χ0) is 17.7. The fourth-order valence-corrected chi connectivity index (χ4v) is 2.50. The normalized spacial score (nSPS) is 10.2. The summed E-state index contributed by atoms with van der Waals surface area (Å²) in [7, 11) is 3.22. The Balaban J connectivity index is 1.96. The van der Waals surface area contributed by atoms with Gasteiger partial charge in [0.05, 0.1) is 17.8 Å². The van der Waals surface area contributed by atoms with Crippen LogP contribution in [0, 0.1) is 11.3 Å². The summed E-state index contributed by atoms with van der Waals surface area (Å²) in [5.41, 5.74) is 7.15. The van der Waals surface area contributed by atoms with Crippen molar-refractivity contribution < 1.29 is 9.53 Å². The van der Waals surface area contributed by atoms with Crippen LogP contribution < -0.4 is 10.5 Å². The minimum Gasteiger partial charge on any atom is -0.495 e. The molecule has 0 radical (unpaired) electrons. The van der Waals surface area contributed by atoms with E-state index in [-0.39, 0.29) is 11.7 Å². The maximum Gasteiger partial charge on any atom is 0.253 e. The van der Waals surface area contributed by atoms with E-state index in [4.69, 9.17) is 27.3 Å². The van der Waals surface area contributed by atoms with Gasteiger partial charge in [0.2, 0.25) is 0 Å². The predicted molar refractivity (Wildman–Crippen MR) is 91.0 cm³/mol. The summed E-state index contributed by atoms with van der Waals surface area (Å²) >= 11 is 5.97. The van der Waals surface area contributed by atoms with Gasteiger partial charge in [0.15, 0.2) is 5.82 Å². The molecule has 2 aromatic rings. The summed E-state index contributed by atoms with van der Waals surface area (Å²) in [6.45, 7) is 0.521. The molecule has 0 spiro atoms. The van der Waals surface area contributed by atoms with Crippen LogP contribution in [0.1, 0.15) is 28.0 Å². The molecule has 126 valence electrons. The minimum absolute atomic E-state index is 0.130. The lowest BCUT2D eigenvalue weighted by Crippen LogP contribution is -2.28. The first-order valence-corrected chi connectivity index (χ1v) is 7.67. The van der Waals surface area contributed by atoms with Crippen LogP contribution >= 0.6 is 11.6 Å². The molecule has 0 aliphatic rings. The molecule has 24 heavy (non-hydrogen) atoms. The number of hydrogen-bond donors (Lipinski definition) is 2. The molecule has 0 unspecified atom stereocenters. The number of benzene rings is 1. The quantitative estimate of drug-likeness (QED) is 0.833. The Morgan fingerprint density at radius 2 is 2.29 bits per heavy atom. The molecule has 0 aliphatic carbocycles. The number of hydrogen-bond acceptors (Lipinski definition) is 5. The number of carbonyl (C=O) groups excluding carboxylic acids is 1. The number of methoxy groups -OCH3 is 1. The van der Waals surface area contributed by atoms with E-state index in [1.54, 1.807) is 30.1 Å². The van der Waals surface area contributed by atoms with Gasteiger partial charge >= 0.3 is 0 Å². The van der Waals surface area contributed by atoms with Gasteiger partial charge in [-0.25, -0.2) is 0 Å². The van der Waals surface area contributed by atoms with Gasteiger partial charge in [0, 0.05) is 19.2 Å². The number of nitriles is 1. The summed E-state index contributed by atoms with van der Waals surface area (Å²) < 4.78 is 5.13. The second-order valence-corrected chi connectivity index (χ2v) is 5.66. The number of ether oxygens (including phenoxy) is 1. The Morgan fingerprint density at radius 3 is 2.96 bits per heavy atom. The third kappa shape index (κ3) is 3.78. The minimum atomic E-state index is -0.130. The van der Waals surface area contributed by atoms with Crippen LogP contribution in [0.15, 0.2) is 18.2 Å². The van der Waals surface area contributed by atoms with Crippen LogP contribution in [0.5, 0.6) is 5.75 Å². The summed E-state index contributed by atoms with van der Waals surface area (Å²) in [6, 6.07) is 6.93. The van der Waals surface area contributed by atoms with E-state index in [9.17, 15) is 4.79 Å². The van der Waals surface area contributed by atoms with E-state index in [1.807, 2.05) is 6.07 Å². The number of rotatable bonds is 6. The highest BCUT2D eigenvalue weighted by atomic mass is 35.5. The van der Waals surface area contributed by atoms with E-state index < -0.39 is 0 Å². The maximum atomic E-state index is 12.4. The van der Waals surface area contributed by atoms with Gasteiger partial charge in [0.25, 0.3) is 5.91 Å². The number of amides is 1. The molecular weight excluding hydrogens is 330 g/mol. The smallest absolute Gasteiger partial charge is 0.253 e. The van der Waals surface area contributed by atoms with Crippen LogP contribution in [-0.2, 0) is 6.42 Å². The lowest BCUT2D eigenvalue weighted by Gasteiger charge is -2.17. The van der Waals surface area contributed by atoms with Crippen molar-refractivity contribution in [3.05, 3.63) is 40.0 Å². The topological polar surface area (TPSA) is 108 Å². The number of nitrogen functional groups attached to an aromatic ring is 1. The fraction of sp³-hybridized carbons (Fsp3) is 0.312. The van der Waals surface area contributed by atoms with Gasteiger partial charge in [-0.15, -0.1) is 0 Å². The van der Waals surface area contributed by atoms with E-state index in [2.05, 4.69) is 10.2 Å². The van der Waals surface area contributed by atoms with Gasteiger partial charge in [-0.2, -0.15) is 10.4 Å². The summed E-state index contributed by atoms with van der Waals surface area (Å²) in [5, 5.41) is 16.1. The lowest BCUT2D eigenvalue weighted by atomic mass is 10.1. The first-order valence-electron chi connectivity index (χ1n) is 7.29. The van der Waals surface area contributed by atoms with E-state index in [0.717, 1.165) is 0 Å². The number of nitrogens with one attached hydrogen (secondary N) is 1. The number of aryl methyl sites for hydroxylation is 1. The average molecular weight is 348 g/mol. The molecule has 1 aromatic heterocycles. The predicted octanol–water partition coefficient (Wildman–Crippen LogP) is 2.23. The highest BCUT2D eigenvalue weighted by Gasteiger charge is 2.15. The van der Waals surface area contributed by atoms with Crippen molar-refractivity contribution in [1.29, 1.82) is 5.26 Å². The number of aromatic amines is 1. The average Bonchev–Trinajstić information content (AvgIpc) is 2.94. The van der Waals surface area contributed by atoms with Crippen molar-refractivity contribution >= 4 is 23.3 Å². The number of anilines is 1. The highest BCUT2D eigenvalue weighted by Crippen LogP contribution is 2.25. The van der Waals surface area contributed by atoms with Crippen molar-refractivity contribution in [1.82, 2.24) is 15.1 Å². The first-order chi connectivity index (χ1) is 11.5. The van der Waals surface area contributed by atoms with Crippen molar-refractivity contribution in [2.45, 2.75) is 12.8 Å². The largest absolute Gasteiger partial charge is 0.495 e. The molecule has 0 fully saturated rings. The third-order valence-corrected chi connectivity index (χ3v) is 3.96. The molecule has 0 saturated carbocycles. The first kappa shape index (κ1) is 17.6. The number of halogens is 1. The van der Waals surface area contributed by atoms with Crippen molar-refractivity contribution in [3.63, 3.8) is 0 Å². The van der Waals surface area contributed by atoms with Crippen LogP contribution in [0.4, 0.5) is 5.82 Å². The summed E-state index contributed by atoms with van der Waals surface area (Å²) in [4.78, 5) is 14.0. The molecule has 1 amide bonds. The number of carbonyl (C=O) groups is 1. The molecule has 1 heterocycles. The van der Waals surface area contributed by atoms with Crippen LogP contribution in [0.3, 0.4) is 0 Å². The van der Waals surface area contributed by atoms with Crippen LogP contribution in [0.25, 0.3) is 0 Å². The highest BCUT2D eigenvalue weighted by molar-refractivity contribution is 6.32. The molecule has 0 atom stereocenters. The van der Waals surface area contributed by atoms with E-state index in [0.29, 0.717) is 47.0 Å². The molecule has 3 N–H and O–H groups in total. The molecule has 8 heteroatoms. The van der Waals surface area contributed by atoms with E-state index in [1.165, 1.54) is 7.11 Å². The third-order valence-electron chi connectivity index (χ3n) is 3.65. The van der Waals surface area contributed by atoms with E-state index >= 15 is 0 Å². The Labute approximate surface area is 145 Å².